The van der Waals surface area contributed by atoms with Crippen molar-refractivity contribution in [2.75, 3.05) is 13.1 Å². The first-order valence-corrected chi connectivity index (χ1v) is 6.53. The Morgan fingerprint density at radius 2 is 2.12 bits per heavy atom. The number of carbonyl (C=O) groups excluding carboxylic acids is 1. The monoisotopic (exact) mass is 226 g/mol. The van der Waals surface area contributed by atoms with Crippen LogP contribution in [0.2, 0.25) is 0 Å². The number of likely N-dealkylation sites (tertiary alicyclic amines) is 1. The van der Waals surface area contributed by atoms with Crippen molar-refractivity contribution in [1.29, 1.82) is 0 Å². The predicted molar refractivity (Wildman–Crippen MR) is 67.3 cm³/mol. The molecule has 1 rings (SSSR count). The van der Waals surface area contributed by atoms with Gasteiger partial charge in [0.1, 0.15) is 0 Å². The van der Waals surface area contributed by atoms with Crippen molar-refractivity contribution in [2.45, 2.75) is 59.0 Å². The SMILES string of the molecule is CC1CC(C)N(C(=O)CCCNC(C)C)C1. The highest BCUT2D eigenvalue weighted by Gasteiger charge is 2.29. The zero-order valence-corrected chi connectivity index (χ0v) is 11.1. The molecule has 1 N–H and O–H groups in total. The molecule has 0 aliphatic carbocycles. The van der Waals surface area contributed by atoms with Crippen molar-refractivity contribution in [3.05, 3.63) is 0 Å². The Hall–Kier alpha value is -0.570. The summed E-state index contributed by atoms with van der Waals surface area (Å²) >= 11 is 0. The summed E-state index contributed by atoms with van der Waals surface area (Å²) in [5, 5.41) is 3.34. The van der Waals surface area contributed by atoms with Gasteiger partial charge in [0.2, 0.25) is 5.91 Å². The Morgan fingerprint density at radius 3 is 2.62 bits per heavy atom. The number of hydrogen-bond donors (Lipinski definition) is 1. The van der Waals surface area contributed by atoms with Crippen LogP contribution < -0.4 is 5.32 Å². The molecular formula is C13H26N2O. The number of amides is 1. The molecule has 0 radical (unpaired) electrons. The van der Waals surface area contributed by atoms with Gasteiger partial charge in [0, 0.05) is 25.0 Å². The molecule has 94 valence electrons. The van der Waals surface area contributed by atoms with Gasteiger partial charge in [-0.25, -0.2) is 0 Å². The van der Waals surface area contributed by atoms with E-state index < -0.39 is 0 Å². The van der Waals surface area contributed by atoms with E-state index in [9.17, 15) is 4.79 Å². The van der Waals surface area contributed by atoms with Gasteiger partial charge in [-0.05, 0) is 32.2 Å². The van der Waals surface area contributed by atoms with E-state index in [4.69, 9.17) is 0 Å². The third-order valence-corrected chi connectivity index (χ3v) is 3.22. The molecule has 1 aliphatic heterocycles. The Labute approximate surface area is 99.6 Å². The van der Waals surface area contributed by atoms with Gasteiger partial charge in [0.15, 0.2) is 0 Å². The van der Waals surface area contributed by atoms with Crippen LogP contribution in [0.3, 0.4) is 0 Å². The lowest BCUT2D eigenvalue weighted by Crippen LogP contribution is -2.34. The maximum absolute atomic E-state index is 11.9. The minimum absolute atomic E-state index is 0.336. The van der Waals surface area contributed by atoms with Gasteiger partial charge in [0.25, 0.3) is 0 Å². The number of carbonyl (C=O) groups is 1. The van der Waals surface area contributed by atoms with E-state index >= 15 is 0 Å². The van der Waals surface area contributed by atoms with Crippen molar-refractivity contribution >= 4 is 5.91 Å². The molecule has 1 fully saturated rings. The lowest BCUT2D eigenvalue weighted by molar-refractivity contribution is -0.131. The molecule has 0 bridgehead atoms. The Balaban J connectivity index is 2.20. The van der Waals surface area contributed by atoms with Crippen molar-refractivity contribution in [1.82, 2.24) is 10.2 Å². The summed E-state index contributed by atoms with van der Waals surface area (Å²) in [7, 11) is 0. The van der Waals surface area contributed by atoms with E-state index in [2.05, 4.69) is 37.9 Å². The van der Waals surface area contributed by atoms with Gasteiger partial charge in [-0.2, -0.15) is 0 Å². The molecule has 1 amide bonds. The van der Waals surface area contributed by atoms with Crippen LogP contribution in [-0.4, -0.2) is 36.0 Å². The quantitative estimate of drug-likeness (QED) is 0.727. The first-order valence-electron chi connectivity index (χ1n) is 6.53. The van der Waals surface area contributed by atoms with Crippen LogP contribution in [0.4, 0.5) is 0 Å². The Kier molecular flexibility index (Phi) is 5.26. The van der Waals surface area contributed by atoms with E-state index in [0.29, 0.717) is 30.3 Å². The van der Waals surface area contributed by atoms with E-state index in [-0.39, 0.29) is 0 Å². The normalized spacial score (nSPS) is 25.4. The van der Waals surface area contributed by atoms with E-state index in [1.54, 1.807) is 0 Å². The third kappa shape index (κ3) is 4.12. The molecule has 16 heavy (non-hydrogen) atoms. The van der Waals surface area contributed by atoms with Gasteiger partial charge >= 0.3 is 0 Å². The lowest BCUT2D eigenvalue weighted by Gasteiger charge is -2.21. The highest BCUT2D eigenvalue weighted by Crippen LogP contribution is 2.22. The molecule has 2 atom stereocenters. The van der Waals surface area contributed by atoms with Gasteiger partial charge in [0.05, 0.1) is 0 Å². The highest BCUT2D eigenvalue weighted by molar-refractivity contribution is 5.76. The van der Waals surface area contributed by atoms with Crippen LogP contribution in [0.15, 0.2) is 0 Å². The summed E-state index contributed by atoms with van der Waals surface area (Å²) in [6.45, 7) is 10.6. The largest absolute Gasteiger partial charge is 0.340 e. The molecule has 3 heteroatoms. The smallest absolute Gasteiger partial charge is 0.222 e. The van der Waals surface area contributed by atoms with Crippen LogP contribution in [0.5, 0.6) is 0 Å². The summed E-state index contributed by atoms with van der Waals surface area (Å²) in [6.07, 6.45) is 2.81. The van der Waals surface area contributed by atoms with Gasteiger partial charge in [-0.3, -0.25) is 4.79 Å². The van der Waals surface area contributed by atoms with Crippen LogP contribution in [0, 0.1) is 5.92 Å². The van der Waals surface area contributed by atoms with Crippen molar-refractivity contribution in [3.63, 3.8) is 0 Å². The zero-order valence-electron chi connectivity index (χ0n) is 11.1. The van der Waals surface area contributed by atoms with Crippen LogP contribution in [-0.2, 0) is 4.79 Å². The summed E-state index contributed by atoms with van der Waals surface area (Å²) in [4.78, 5) is 14.0. The molecule has 3 nitrogen and oxygen atoms in total. The number of hydrogen-bond acceptors (Lipinski definition) is 2. The zero-order chi connectivity index (χ0) is 12.1. The van der Waals surface area contributed by atoms with Crippen molar-refractivity contribution in [2.24, 2.45) is 5.92 Å². The Bertz CT molecular complexity index is 228. The number of nitrogens with zero attached hydrogens (tertiary/aromatic N) is 1. The molecule has 0 saturated carbocycles. The summed E-state index contributed by atoms with van der Waals surface area (Å²) in [5.74, 6) is 1.01. The first-order chi connectivity index (χ1) is 7.50. The van der Waals surface area contributed by atoms with Crippen LogP contribution in [0.25, 0.3) is 0 Å². The predicted octanol–water partition coefficient (Wildman–Crippen LogP) is 2.02. The molecule has 0 aromatic rings. The third-order valence-electron chi connectivity index (χ3n) is 3.22. The minimum atomic E-state index is 0.336. The molecule has 1 aliphatic rings. The molecule has 2 unspecified atom stereocenters. The second-order valence-electron chi connectivity index (χ2n) is 5.45. The van der Waals surface area contributed by atoms with Crippen molar-refractivity contribution in [3.8, 4) is 0 Å². The summed E-state index contributed by atoms with van der Waals surface area (Å²) in [6, 6.07) is 0.960. The number of nitrogens with one attached hydrogen (secondary N) is 1. The van der Waals surface area contributed by atoms with Crippen molar-refractivity contribution < 1.29 is 4.79 Å². The van der Waals surface area contributed by atoms with E-state index in [0.717, 1.165) is 25.9 Å². The van der Waals surface area contributed by atoms with E-state index in [1.807, 2.05) is 0 Å². The first kappa shape index (κ1) is 13.5. The topological polar surface area (TPSA) is 32.3 Å². The van der Waals surface area contributed by atoms with Gasteiger partial charge in [-0.1, -0.05) is 20.8 Å². The lowest BCUT2D eigenvalue weighted by atomic mass is 10.1. The maximum atomic E-state index is 11.9. The molecule has 0 aromatic carbocycles. The van der Waals surface area contributed by atoms with Crippen LogP contribution >= 0.6 is 0 Å². The fourth-order valence-electron chi connectivity index (χ4n) is 2.42. The molecule has 1 heterocycles. The second-order valence-corrected chi connectivity index (χ2v) is 5.45. The average molecular weight is 226 g/mol. The molecule has 1 saturated heterocycles. The van der Waals surface area contributed by atoms with E-state index in [1.165, 1.54) is 0 Å². The second kappa shape index (κ2) is 6.24. The fourth-order valence-corrected chi connectivity index (χ4v) is 2.42. The summed E-state index contributed by atoms with van der Waals surface area (Å²) < 4.78 is 0. The molecule has 0 spiro atoms. The van der Waals surface area contributed by atoms with Gasteiger partial charge in [-0.15, -0.1) is 0 Å². The Morgan fingerprint density at radius 1 is 1.44 bits per heavy atom. The van der Waals surface area contributed by atoms with Crippen LogP contribution in [0.1, 0.15) is 47.0 Å². The molecule has 0 aromatic heterocycles. The molecular weight excluding hydrogens is 200 g/mol. The maximum Gasteiger partial charge on any atom is 0.222 e. The number of rotatable bonds is 5. The fraction of sp³-hybridized carbons (Fsp3) is 0.923. The highest BCUT2D eigenvalue weighted by atomic mass is 16.2. The standard InChI is InChI=1S/C13H26N2O/c1-10(2)14-7-5-6-13(16)15-9-11(3)8-12(15)4/h10-12,14H,5-9H2,1-4H3. The average Bonchev–Trinajstić information content (AvgIpc) is 2.52. The minimum Gasteiger partial charge on any atom is -0.340 e. The summed E-state index contributed by atoms with van der Waals surface area (Å²) in [5.41, 5.74) is 0. The van der Waals surface area contributed by atoms with Gasteiger partial charge < -0.3 is 10.2 Å².